The number of hydrogen-bond acceptors (Lipinski definition) is 13. The summed E-state index contributed by atoms with van der Waals surface area (Å²) in [5.41, 5.74) is 5.51. The van der Waals surface area contributed by atoms with Gasteiger partial charge in [-0.05, 0) is 127 Å². The van der Waals surface area contributed by atoms with Crippen LogP contribution in [0.15, 0.2) is 48.7 Å². The first kappa shape index (κ1) is 47.1. The molecule has 3 aliphatic carbocycles. The minimum Gasteiger partial charge on any atom is -0.506 e. The summed E-state index contributed by atoms with van der Waals surface area (Å²) in [4.78, 5) is 34.5. The average molecular weight is 980 g/mol. The van der Waals surface area contributed by atoms with Gasteiger partial charge in [0.1, 0.15) is 41.7 Å². The van der Waals surface area contributed by atoms with Gasteiger partial charge in [-0.25, -0.2) is 0 Å². The third-order valence-electron chi connectivity index (χ3n) is 16.7. The van der Waals surface area contributed by atoms with Gasteiger partial charge in [0.05, 0.1) is 43.4 Å². The molecule has 1 saturated heterocycles. The second-order valence-electron chi connectivity index (χ2n) is 20.7. The van der Waals surface area contributed by atoms with E-state index in [1.165, 1.54) is 0 Å². The summed E-state index contributed by atoms with van der Waals surface area (Å²) in [7, 11) is 3.30. The van der Waals surface area contributed by atoms with Crippen LogP contribution in [-0.4, -0.2) is 119 Å². The number of methoxy groups -OCH3 is 2. The molecular weight excluding hydrogens is 919 g/mol. The van der Waals surface area contributed by atoms with Gasteiger partial charge in [0, 0.05) is 67.0 Å². The van der Waals surface area contributed by atoms with Gasteiger partial charge < -0.3 is 64.0 Å². The second-order valence-corrected chi connectivity index (χ2v) is 20.7. The van der Waals surface area contributed by atoms with Crippen molar-refractivity contribution in [3.63, 3.8) is 0 Å². The molecule has 8 bridgehead atoms. The van der Waals surface area contributed by atoms with E-state index >= 15 is 4.79 Å². The number of phenols is 1. The quantitative estimate of drug-likeness (QED) is 0.0648. The number of ether oxygens (including phenoxy) is 6. The van der Waals surface area contributed by atoms with E-state index in [2.05, 4.69) is 34.5 Å². The number of aromatic nitrogens is 1. The Hall–Kier alpha value is -5.96. The minimum atomic E-state index is -2.45. The predicted molar refractivity (Wildman–Crippen MR) is 266 cm³/mol. The first-order valence-corrected chi connectivity index (χ1v) is 25.6. The highest BCUT2D eigenvalue weighted by atomic mass is 16.7. The maximum absolute atomic E-state index is 15.4. The van der Waals surface area contributed by atoms with Crippen molar-refractivity contribution in [3.05, 3.63) is 104 Å². The number of hydrogen-bond donors (Lipinski definition) is 6. The zero-order valence-corrected chi connectivity index (χ0v) is 40.6. The molecule has 0 spiro atoms. The first-order valence-electron chi connectivity index (χ1n) is 25.6. The predicted octanol–water partition coefficient (Wildman–Crippen LogP) is 6.58. The molecule has 0 radical (unpaired) electrons. The molecule has 5 aromatic rings. The molecule has 12 rings (SSSR count). The fourth-order valence-corrected chi connectivity index (χ4v) is 13.2. The first-order chi connectivity index (χ1) is 35.1. The number of Topliss-reactive ketones (excluding diaryl/α,β-unsaturated/α-hetero) is 1. The lowest BCUT2D eigenvalue weighted by molar-refractivity contribution is -0.328. The van der Waals surface area contributed by atoms with Gasteiger partial charge in [0.2, 0.25) is 6.29 Å². The Balaban J connectivity index is 1.08. The third kappa shape index (κ3) is 7.60. The van der Waals surface area contributed by atoms with E-state index in [0.717, 1.165) is 107 Å². The van der Waals surface area contributed by atoms with E-state index < -0.39 is 42.9 Å². The highest BCUT2D eigenvalue weighted by Crippen LogP contribution is 2.62. The van der Waals surface area contributed by atoms with E-state index in [4.69, 9.17) is 28.4 Å². The summed E-state index contributed by atoms with van der Waals surface area (Å²) in [6.45, 7) is 0.894. The van der Waals surface area contributed by atoms with Crippen molar-refractivity contribution in [2.75, 3.05) is 47.1 Å². The van der Waals surface area contributed by atoms with Gasteiger partial charge >= 0.3 is 0 Å². The fourth-order valence-electron chi connectivity index (χ4n) is 13.2. The number of rotatable bonds is 10. The Morgan fingerprint density at radius 1 is 1.04 bits per heavy atom. The van der Waals surface area contributed by atoms with Crippen molar-refractivity contribution < 1.29 is 58.4 Å². The van der Waals surface area contributed by atoms with E-state index in [1.807, 2.05) is 30.5 Å². The molecule has 1 aromatic heterocycles. The maximum Gasteiger partial charge on any atom is 0.254 e. The van der Waals surface area contributed by atoms with E-state index in [0.29, 0.717) is 42.4 Å². The number of benzene rings is 4. The molecule has 9 atom stereocenters. The van der Waals surface area contributed by atoms with Gasteiger partial charge in [-0.3, -0.25) is 9.59 Å². The number of unbranched alkanes of at least 4 members (excludes halogenated alkanes) is 1. The summed E-state index contributed by atoms with van der Waals surface area (Å²) >= 11 is 0. The highest BCUT2D eigenvalue weighted by Gasteiger charge is 2.59. The summed E-state index contributed by atoms with van der Waals surface area (Å²) < 4.78 is 38.2. The lowest BCUT2D eigenvalue weighted by Gasteiger charge is -2.48. The summed E-state index contributed by atoms with van der Waals surface area (Å²) in [5.74, 6) is 2.97. The number of carbonyl (C=O) groups is 2. The van der Waals surface area contributed by atoms with Crippen molar-refractivity contribution in [1.29, 1.82) is 0 Å². The molecule has 15 nitrogen and oxygen atoms in total. The Kier molecular flexibility index (Phi) is 12.3. The van der Waals surface area contributed by atoms with Gasteiger partial charge in [0.15, 0.2) is 17.5 Å². The Morgan fingerprint density at radius 2 is 1.93 bits per heavy atom. The van der Waals surface area contributed by atoms with Crippen molar-refractivity contribution in [2.45, 2.75) is 119 Å². The monoisotopic (exact) mass is 979 g/mol. The van der Waals surface area contributed by atoms with Gasteiger partial charge in [-0.1, -0.05) is 36.6 Å². The molecule has 1 amide bonds. The van der Waals surface area contributed by atoms with Crippen LogP contribution in [0, 0.1) is 17.9 Å². The number of aliphatic hydroxyl groups is 3. The Labute approximate surface area is 417 Å². The van der Waals surface area contributed by atoms with Crippen LogP contribution in [0.4, 0.5) is 0 Å². The minimum absolute atomic E-state index is 0.0163. The number of aryl methyl sites for hydroxylation is 1. The smallest absolute Gasteiger partial charge is 0.254 e. The van der Waals surface area contributed by atoms with Crippen LogP contribution >= 0.6 is 0 Å². The SMILES string of the molecule is COCCCCNCc1ccc2[nH]cc(C3C=Cc4c(OC)c5c6c7c(c8c(O)c6c4OC4OC(CO3)C(O)C(OC#CCc3cccc6c3CN(CC8=O)C6=O)C4(O)CO)C3CCCC3CC7CC5)c2c1. The van der Waals surface area contributed by atoms with Crippen molar-refractivity contribution >= 4 is 39.4 Å². The molecule has 9 unspecified atom stereocenters. The number of carbonyl (C=O) groups excluding carboxylic acids is 2. The maximum atomic E-state index is 15.4. The standard InChI is InChI=1S/C57H61N3O12/c1-67-20-4-3-19-58-24-30-13-17-41-38(22-30)39(25-59-41)43-18-16-37-52(68-2)36-15-14-33-23-32-9-6-11-34(32)46-45(33)47(36)49-51(64)48(46)42(62)27-60-26-40-31(8-5-12-35(40)55(60)65)10-7-21-69-54-50(63)44(28-70-43)71-56(72-53(37)49)57(54,66)29-61/h5,8,12-13,16-18,22,25,32-34,43-44,50,54,56,58-59,61,63-64,66H,3-4,6,9-11,14-15,19-20,23-24,26-29H2,1-2H3. The van der Waals surface area contributed by atoms with Crippen LogP contribution in [0.5, 0.6) is 17.2 Å². The lowest BCUT2D eigenvalue weighted by atomic mass is 9.64. The van der Waals surface area contributed by atoms with Gasteiger partial charge in [0.25, 0.3) is 5.91 Å². The summed E-state index contributed by atoms with van der Waals surface area (Å²) in [6, 6.07) is 11.6. The Bertz CT molecular complexity index is 3100. The second kappa shape index (κ2) is 18.8. The lowest BCUT2D eigenvalue weighted by Crippen LogP contribution is -2.70. The van der Waals surface area contributed by atoms with Crippen molar-refractivity contribution in [3.8, 4) is 29.3 Å². The van der Waals surface area contributed by atoms with Crippen LogP contribution in [-0.2, 0) is 44.9 Å². The molecule has 5 heterocycles. The number of aliphatic hydroxyl groups excluding tert-OH is 2. The van der Waals surface area contributed by atoms with Crippen molar-refractivity contribution in [2.24, 2.45) is 5.92 Å². The number of fused-ring (bicyclic) bond motifs is 8. The van der Waals surface area contributed by atoms with E-state index in [-0.39, 0.29) is 72.1 Å². The van der Waals surface area contributed by atoms with Gasteiger partial charge in [-0.2, -0.15) is 0 Å². The van der Waals surface area contributed by atoms with Gasteiger partial charge in [-0.15, -0.1) is 0 Å². The summed E-state index contributed by atoms with van der Waals surface area (Å²) in [6.07, 6.45) is 8.64. The van der Waals surface area contributed by atoms with E-state index in [1.54, 1.807) is 31.3 Å². The molecule has 376 valence electrons. The molecule has 4 aliphatic heterocycles. The van der Waals surface area contributed by atoms with E-state index in [9.17, 15) is 25.2 Å². The Morgan fingerprint density at radius 3 is 2.78 bits per heavy atom. The molecule has 1 saturated carbocycles. The molecule has 72 heavy (non-hydrogen) atoms. The number of amides is 1. The molecule has 4 aromatic carbocycles. The highest BCUT2D eigenvalue weighted by molar-refractivity contribution is 6.14. The van der Waals surface area contributed by atoms with Crippen LogP contribution in [0.1, 0.15) is 128 Å². The molecule has 15 heteroatoms. The van der Waals surface area contributed by atoms with Crippen LogP contribution in [0.2, 0.25) is 0 Å². The normalized spacial score (nSPS) is 28.2. The van der Waals surface area contributed by atoms with Crippen molar-refractivity contribution in [1.82, 2.24) is 15.2 Å². The topological polar surface area (TPSA) is 202 Å². The number of aromatic hydroxyl groups is 1. The average Bonchev–Trinajstić information content (AvgIpc) is 4.12. The number of nitrogens with one attached hydrogen (secondary N) is 2. The molecular formula is C57H61N3O12. The van der Waals surface area contributed by atoms with Crippen LogP contribution in [0.3, 0.4) is 0 Å². The zero-order chi connectivity index (χ0) is 49.4. The fraction of sp³-hybridized carbons (Fsp3) is 0.474. The number of ketones is 1. The van der Waals surface area contributed by atoms with Crippen LogP contribution < -0.4 is 14.8 Å². The van der Waals surface area contributed by atoms with Crippen LogP contribution in [0.25, 0.3) is 27.8 Å². The number of aromatic amines is 1. The largest absolute Gasteiger partial charge is 0.506 e. The summed E-state index contributed by atoms with van der Waals surface area (Å²) in [5, 5.41) is 54.9. The molecule has 7 aliphatic rings. The number of H-pyrrole nitrogens is 1. The zero-order valence-electron chi connectivity index (χ0n) is 40.6. The number of phenolic OH excluding ortho intramolecular Hbond substituents is 1. The number of nitrogens with zero attached hydrogens (tertiary/aromatic N) is 1. The molecule has 2 fully saturated rings. The molecule has 6 N–H and O–H groups in total. The third-order valence-corrected chi connectivity index (χ3v) is 16.7.